The van der Waals surface area contributed by atoms with Crippen LogP contribution in [0.15, 0.2) is 58.4 Å². The van der Waals surface area contributed by atoms with E-state index in [0.717, 1.165) is 0 Å². The number of carbonyl (C=O) groups excluding carboxylic acids is 1. The first-order valence-electron chi connectivity index (χ1n) is 11.8. The van der Waals surface area contributed by atoms with Crippen molar-refractivity contribution in [1.82, 2.24) is 14.0 Å². The van der Waals surface area contributed by atoms with Gasteiger partial charge in [0.1, 0.15) is 17.4 Å². The van der Waals surface area contributed by atoms with Crippen LogP contribution in [0.1, 0.15) is 36.2 Å². The number of amides is 1. The second-order valence-electron chi connectivity index (χ2n) is 8.49. The summed E-state index contributed by atoms with van der Waals surface area (Å²) in [5.41, 5.74) is 0.907. The van der Waals surface area contributed by atoms with Gasteiger partial charge in [0.2, 0.25) is 0 Å². The Balaban J connectivity index is 1.95. The van der Waals surface area contributed by atoms with E-state index >= 15 is 0 Å². The highest BCUT2D eigenvalue weighted by Crippen LogP contribution is 2.27. The van der Waals surface area contributed by atoms with Gasteiger partial charge < -0.3 is 18.8 Å². The summed E-state index contributed by atoms with van der Waals surface area (Å²) in [6, 6.07) is 13.5. The molecule has 10 nitrogen and oxygen atoms in total. The molecule has 3 heterocycles. The number of methoxy groups -OCH3 is 2. The molecule has 0 atom stereocenters. The molecule has 4 rings (SSSR count). The van der Waals surface area contributed by atoms with Gasteiger partial charge in [-0.05, 0) is 56.7 Å². The van der Waals surface area contributed by atoms with E-state index in [1.807, 2.05) is 13.8 Å². The normalized spacial score (nSPS) is 11.7. The predicted octanol–water partition coefficient (Wildman–Crippen LogP) is 3.09. The van der Waals surface area contributed by atoms with Crippen LogP contribution in [-0.2, 0) is 11.3 Å². The SMILES string of the molecule is COc1ccc(C(=O)N=c2c(C#N)cc3c(=O)n4ccccc4nc3n2CCCOC(C)C)cc1OC. The topological polar surface area (TPSA) is 120 Å². The number of carbonyl (C=O) groups is 1. The standard InChI is InChI=1S/C27H27N5O5/c1-17(2)37-13-7-12-32-24(30-26(33)18-9-10-21(35-3)22(15-18)36-4)19(16-28)14-20-25(32)29-23-8-5-6-11-31(23)27(20)34/h5-6,8-11,14-15,17H,7,12-13H2,1-4H3. The Morgan fingerprint density at radius 3 is 2.62 bits per heavy atom. The summed E-state index contributed by atoms with van der Waals surface area (Å²) in [5.74, 6) is 0.267. The largest absolute Gasteiger partial charge is 0.493 e. The van der Waals surface area contributed by atoms with Gasteiger partial charge in [0, 0.05) is 24.9 Å². The van der Waals surface area contributed by atoms with E-state index in [9.17, 15) is 14.9 Å². The van der Waals surface area contributed by atoms with Gasteiger partial charge in [0.05, 0.1) is 31.3 Å². The average Bonchev–Trinajstić information content (AvgIpc) is 2.91. The van der Waals surface area contributed by atoms with E-state index in [0.29, 0.717) is 42.4 Å². The Hall–Kier alpha value is -4.49. The number of benzene rings is 1. The zero-order valence-electron chi connectivity index (χ0n) is 21.1. The van der Waals surface area contributed by atoms with E-state index in [-0.39, 0.29) is 33.7 Å². The van der Waals surface area contributed by atoms with Crippen LogP contribution in [-0.4, -0.2) is 46.8 Å². The number of ether oxygens (including phenoxy) is 3. The second kappa shape index (κ2) is 11.1. The zero-order valence-corrected chi connectivity index (χ0v) is 21.1. The quantitative estimate of drug-likeness (QED) is 0.269. The maximum absolute atomic E-state index is 13.3. The highest BCUT2D eigenvalue weighted by atomic mass is 16.5. The summed E-state index contributed by atoms with van der Waals surface area (Å²) in [6.45, 7) is 4.65. The molecular weight excluding hydrogens is 474 g/mol. The molecule has 4 aromatic rings. The highest BCUT2D eigenvalue weighted by Gasteiger charge is 2.16. The van der Waals surface area contributed by atoms with E-state index in [2.05, 4.69) is 16.0 Å². The first-order chi connectivity index (χ1) is 17.9. The molecule has 0 aliphatic heterocycles. The van der Waals surface area contributed by atoms with Gasteiger partial charge in [-0.25, -0.2) is 4.98 Å². The Morgan fingerprint density at radius 1 is 1.14 bits per heavy atom. The molecule has 0 unspecified atom stereocenters. The number of pyridine rings is 2. The summed E-state index contributed by atoms with van der Waals surface area (Å²) in [5, 5.41) is 10.2. The van der Waals surface area contributed by atoms with E-state index in [1.165, 1.54) is 30.8 Å². The lowest BCUT2D eigenvalue weighted by Crippen LogP contribution is -2.30. The summed E-state index contributed by atoms with van der Waals surface area (Å²) in [4.78, 5) is 35.5. The molecule has 1 amide bonds. The lowest BCUT2D eigenvalue weighted by molar-refractivity contribution is 0.0748. The predicted molar refractivity (Wildman–Crippen MR) is 137 cm³/mol. The van der Waals surface area contributed by atoms with Crippen molar-refractivity contribution in [3.63, 3.8) is 0 Å². The van der Waals surface area contributed by atoms with Crippen molar-refractivity contribution in [3.8, 4) is 17.6 Å². The molecule has 0 saturated carbocycles. The molecule has 190 valence electrons. The summed E-state index contributed by atoms with van der Waals surface area (Å²) in [7, 11) is 2.98. The van der Waals surface area contributed by atoms with Gasteiger partial charge in [-0.1, -0.05) is 6.07 Å². The second-order valence-corrected chi connectivity index (χ2v) is 8.49. The maximum Gasteiger partial charge on any atom is 0.279 e. The van der Waals surface area contributed by atoms with Gasteiger partial charge in [0.25, 0.3) is 11.5 Å². The molecule has 0 bridgehead atoms. The number of hydrogen-bond donors (Lipinski definition) is 0. The lowest BCUT2D eigenvalue weighted by Gasteiger charge is -2.14. The summed E-state index contributed by atoms with van der Waals surface area (Å²) < 4.78 is 19.3. The first kappa shape index (κ1) is 25.6. The summed E-state index contributed by atoms with van der Waals surface area (Å²) in [6.07, 6.45) is 2.22. The molecule has 0 saturated heterocycles. The van der Waals surface area contributed by atoms with Crippen molar-refractivity contribution in [3.05, 3.63) is 75.6 Å². The molecular formula is C27H27N5O5. The minimum Gasteiger partial charge on any atom is -0.493 e. The number of nitriles is 1. The molecule has 0 radical (unpaired) electrons. The Morgan fingerprint density at radius 2 is 1.92 bits per heavy atom. The monoisotopic (exact) mass is 501 g/mol. The molecule has 0 N–H and O–H groups in total. The number of hydrogen-bond acceptors (Lipinski definition) is 7. The number of fused-ring (bicyclic) bond motifs is 2. The van der Waals surface area contributed by atoms with Crippen molar-refractivity contribution in [1.29, 1.82) is 5.26 Å². The van der Waals surface area contributed by atoms with Crippen LogP contribution in [0.5, 0.6) is 11.5 Å². The van der Waals surface area contributed by atoms with E-state index in [4.69, 9.17) is 14.2 Å². The fraction of sp³-hybridized carbons (Fsp3) is 0.296. The fourth-order valence-corrected chi connectivity index (χ4v) is 3.96. The Bertz CT molecular complexity index is 1650. The summed E-state index contributed by atoms with van der Waals surface area (Å²) >= 11 is 0. The van der Waals surface area contributed by atoms with Gasteiger partial charge in [-0.2, -0.15) is 10.3 Å². The first-order valence-corrected chi connectivity index (χ1v) is 11.8. The van der Waals surface area contributed by atoms with Crippen molar-refractivity contribution in [2.45, 2.75) is 32.9 Å². The Kier molecular flexibility index (Phi) is 7.65. The smallest absolute Gasteiger partial charge is 0.279 e. The average molecular weight is 502 g/mol. The molecule has 37 heavy (non-hydrogen) atoms. The maximum atomic E-state index is 13.3. The van der Waals surface area contributed by atoms with E-state index < -0.39 is 5.91 Å². The van der Waals surface area contributed by atoms with Crippen LogP contribution in [0, 0.1) is 11.3 Å². The highest BCUT2D eigenvalue weighted by molar-refractivity contribution is 5.95. The fourth-order valence-electron chi connectivity index (χ4n) is 3.96. The molecule has 0 aliphatic rings. The number of nitrogens with zero attached hydrogens (tertiary/aromatic N) is 5. The minimum atomic E-state index is -0.582. The Labute approximate surface area is 213 Å². The third-order valence-electron chi connectivity index (χ3n) is 5.73. The van der Waals surface area contributed by atoms with Crippen LogP contribution in [0.3, 0.4) is 0 Å². The van der Waals surface area contributed by atoms with Crippen molar-refractivity contribution in [2.75, 3.05) is 20.8 Å². The number of rotatable bonds is 8. The molecule has 10 heteroatoms. The minimum absolute atomic E-state index is 0.0506. The van der Waals surface area contributed by atoms with Crippen molar-refractivity contribution >= 4 is 22.6 Å². The van der Waals surface area contributed by atoms with Crippen molar-refractivity contribution < 1.29 is 19.0 Å². The van der Waals surface area contributed by atoms with Crippen LogP contribution in [0.4, 0.5) is 0 Å². The lowest BCUT2D eigenvalue weighted by atomic mass is 10.2. The van der Waals surface area contributed by atoms with Gasteiger partial charge >= 0.3 is 0 Å². The molecule has 0 spiro atoms. The van der Waals surface area contributed by atoms with Gasteiger partial charge in [-0.15, -0.1) is 0 Å². The van der Waals surface area contributed by atoms with Crippen LogP contribution < -0.4 is 20.5 Å². The zero-order chi connectivity index (χ0) is 26.5. The third-order valence-corrected chi connectivity index (χ3v) is 5.73. The molecule has 0 aliphatic carbocycles. The van der Waals surface area contributed by atoms with E-state index in [1.54, 1.807) is 41.1 Å². The molecule has 1 aromatic carbocycles. The number of aromatic nitrogens is 3. The number of aryl methyl sites for hydroxylation is 1. The van der Waals surface area contributed by atoms with Gasteiger partial charge in [0.15, 0.2) is 17.0 Å². The van der Waals surface area contributed by atoms with Crippen molar-refractivity contribution in [2.24, 2.45) is 4.99 Å². The van der Waals surface area contributed by atoms with Crippen LogP contribution >= 0.6 is 0 Å². The molecule has 0 fully saturated rings. The third kappa shape index (κ3) is 5.22. The molecule has 3 aromatic heterocycles. The van der Waals surface area contributed by atoms with Gasteiger partial charge in [-0.3, -0.25) is 14.0 Å². The van der Waals surface area contributed by atoms with Crippen LogP contribution in [0.25, 0.3) is 16.7 Å². The van der Waals surface area contributed by atoms with Crippen LogP contribution in [0.2, 0.25) is 0 Å².